The summed E-state index contributed by atoms with van der Waals surface area (Å²) in [6.45, 7) is 0. The van der Waals surface area contributed by atoms with Crippen LogP contribution in [0.3, 0.4) is 0 Å². The van der Waals surface area contributed by atoms with Crippen molar-refractivity contribution < 1.29 is 0 Å². The van der Waals surface area contributed by atoms with E-state index in [-0.39, 0.29) is 0 Å². The van der Waals surface area contributed by atoms with Crippen LogP contribution in [0.2, 0.25) is 10.0 Å². The first-order valence-corrected chi connectivity index (χ1v) is 9.71. The maximum Gasteiger partial charge on any atom is 0.225 e. The van der Waals surface area contributed by atoms with Crippen LogP contribution in [0.1, 0.15) is 25.7 Å². The predicted octanol–water partition coefficient (Wildman–Crippen LogP) is 5.94. The highest BCUT2D eigenvalue weighted by Gasteiger charge is 2.17. The summed E-state index contributed by atoms with van der Waals surface area (Å²) in [4.78, 5) is 13.5. The molecule has 2 heterocycles. The third kappa shape index (κ3) is 4.49. The molecule has 5 nitrogen and oxygen atoms in total. The Morgan fingerprint density at radius 2 is 1.85 bits per heavy atom. The monoisotopic (exact) mass is 399 g/mol. The molecule has 1 aliphatic carbocycles. The number of benzene rings is 1. The summed E-state index contributed by atoms with van der Waals surface area (Å²) in [6.07, 6.45) is 8.30. The highest BCUT2D eigenvalue weighted by atomic mass is 35.5. The van der Waals surface area contributed by atoms with E-state index in [1.54, 1.807) is 30.6 Å². The SMILES string of the molecule is Clc1ccc(Cl)c(Nc2cc(-c3cccnc3)nc(NC3CCCC3)n2)c1. The van der Waals surface area contributed by atoms with Crippen molar-refractivity contribution in [3.63, 3.8) is 0 Å². The van der Waals surface area contributed by atoms with Crippen molar-refractivity contribution in [3.8, 4) is 11.3 Å². The topological polar surface area (TPSA) is 62.7 Å². The molecule has 0 saturated heterocycles. The largest absolute Gasteiger partial charge is 0.351 e. The van der Waals surface area contributed by atoms with Gasteiger partial charge in [-0.15, -0.1) is 0 Å². The Labute approximate surface area is 168 Å². The van der Waals surface area contributed by atoms with Gasteiger partial charge in [0.25, 0.3) is 0 Å². The number of pyridine rings is 1. The number of halogens is 2. The van der Waals surface area contributed by atoms with Crippen molar-refractivity contribution in [3.05, 3.63) is 58.8 Å². The fourth-order valence-corrected chi connectivity index (χ4v) is 3.56. The van der Waals surface area contributed by atoms with Gasteiger partial charge in [-0.05, 0) is 43.2 Å². The van der Waals surface area contributed by atoms with Gasteiger partial charge in [0.2, 0.25) is 5.95 Å². The van der Waals surface area contributed by atoms with E-state index in [2.05, 4.69) is 25.6 Å². The quantitative estimate of drug-likeness (QED) is 0.555. The van der Waals surface area contributed by atoms with Gasteiger partial charge < -0.3 is 10.6 Å². The summed E-state index contributed by atoms with van der Waals surface area (Å²) in [7, 11) is 0. The molecule has 0 spiro atoms. The summed E-state index contributed by atoms with van der Waals surface area (Å²) in [5.41, 5.74) is 2.42. The van der Waals surface area contributed by atoms with Crippen LogP contribution in [-0.2, 0) is 0 Å². The molecule has 27 heavy (non-hydrogen) atoms. The van der Waals surface area contributed by atoms with Gasteiger partial charge in [-0.25, -0.2) is 4.98 Å². The molecule has 1 saturated carbocycles. The standard InChI is InChI=1S/C20H19Cl2N5/c21-14-7-8-16(22)18(10-14)25-19-11-17(13-4-3-9-23-12-13)26-20(27-19)24-15-5-1-2-6-15/h3-4,7-12,15H,1-2,5-6H2,(H2,24,25,26,27). The van der Waals surface area contributed by atoms with Gasteiger partial charge in [0.15, 0.2) is 0 Å². The van der Waals surface area contributed by atoms with E-state index in [4.69, 9.17) is 23.2 Å². The molecule has 3 aromatic rings. The fraction of sp³-hybridized carbons (Fsp3) is 0.250. The average Bonchev–Trinajstić information content (AvgIpc) is 3.18. The van der Waals surface area contributed by atoms with Crippen molar-refractivity contribution in [2.75, 3.05) is 10.6 Å². The molecule has 1 aromatic carbocycles. The van der Waals surface area contributed by atoms with Gasteiger partial charge in [-0.2, -0.15) is 4.98 Å². The van der Waals surface area contributed by atoms with Gasteiger partial charge in [0, 0.05) is 35.1 Å². The summed E-state index contributed by atoms with van der Waals surface area (Å²) < 4.78 is 0. The van der Waals surface area contributed by atoms with E-state index in [9.17, 15) is 0 Å². The second kappa shape index (κ2) is 8.11. The highest BCUT2D eigenvalue weighted by Crippen LogP contribution is 2.30. The number of hydrogen-bond acceptors (Lipinski definition) is 5. The van der Waals surface area contributed by atoms with Gasteiger partial charge in [0.1, 0.15) is 5.82 Å². The van der Waals surface area contributed by atoms with E-state index in [0.29, 0.717) is 33.5 Å². The molecule has 0 amide bonds. The number of rotatable bonds is 5. The maximum atomic E-state index is 6.29. The van der Waals surface area contributed by atoms with Crippen molar-refractivity contribution in [1.29, 1.82) is 0 Å². The lowest BCUT2D eigenvalue weighted by Gasteiger charge is -2.15. The second-order valence-corrected chi connectivity index (χ2v) is 7.42. The van der Waals surface area contributed by atoms with Crippen molar-refractivity contribution in [1.82, 2.24) is 15.0 Å². The van der Waals surface area contributed by atoms with Crippen LogP contribution in [0.25, 0.3) is 11.3 Å². The first-order chi connectivity index (χ1) is 13.2. The Kier molecular flexibility index (Phi) is 5.41. The number of anilines is 3. The van der Waals surface area contributed by atoms with Crippen molar-refractivity contribution >= 4 is 40.7 Å². The van der Waals surface area contributed by atoms with Crippen LogP contribution in [-0.4, -0.2) is 21.0 Å². The summed E-state index contributed by atoms with van der Waals surface area (Å²) in [6, 6.07) is 11.5. The van der Waals surface area contributed by atoms with Crippen molar-refractivity contribution in [2.45, 2.75) is 31.7 Å². The molecule has 0 unspecified atom stereocenters. The van der Waals surface area contributed by atoms with E-state index in [1.165, 1.54) is 12.8 Å². The zero-order chi connectivity index (χ0) is 18.6. The Hall–Kier alpha value is -2.37. The van der Waals surface area contributed by atoms with Crippen molar-refractivity contribution in [2.24, 2.45) is 0 Å². The number of aromatic nitrogens is 3. The minimum absolute atomic E-state index is 0.414. The van der Waals surface area contributed by atoms with Crippen LogP contribution in [0.15, 0.2) is 48.8 Å². The molecule has 0 aliphatic heterocycles. The summed E-state index contributed by atoms with van der Waals surface area (Å²) in [5.74, 6) is 1.25. The summed E-state index contributed by atoms with van der Waals surface area (Å²) >= 11 is 12.4. The van der Waals surface area contributed by atoms with E-state index < -0.39 is 0 Å². The Morgan fingerprint density at radius 3 is 2.63 bits per heavy atom. The highest BCUT2D eigenvalue weighted by molar-refractivity contribution is 6.35. The van der Waals surface area contributed by atoms with E-state index in [1.807, 2.05) is 18.2 Å². The maximum absolute atomic E-state index is 6.29. The molecule has 4 rings (SSSR count). The van der Waals surface area contributed by atoms with Crippen LogP contribution < -0.4 is 10.6 Å². The van der Waals surface area contributed by atoms with Crippen LogP contribution in [0.5, 0.6) is 0 Å². The molecular weight excluding hydrogens is 381 g/mol. The molecule has 2 N–H and O–H groups in total. The Morgan fingerprint density at radius 1 is 1.00 bits per heavy atom. The number of nitrogens with one attached hydrogen (secondary N) is 2. The number of nitrogens with zero attached hydrogens (tertiary/aromatic N) is 3. The molecule has 0 atom stereocenters. The van der Waals surface area contributed by atoms with Crippen LogP contribution in [0.4, 0.5) is 17.5 Å². The summed E-state index contributed by atoms with van der Waals surface area (Å²) in [5, 5.41) is 7.90. The number of hydrogen-bond donors (Lipinski definition) is 2. The lowest BCUT2D eigenvalue weighted by Crippen LogP contribution is -2.17. The molecular formula is C20H19Cl2N5. The molecule has 2 aromatic heterocycles. The Bertz CT molecular complexity index is 927. The predicted molar refractivity (Wildman–Crippen MR) is 111 cm³/mol. The normalized spacial score (nSPS) is 14.3. The van der Waals surface area contributed by atoms with Crippen LogP contribution >= 0.6 is 23.2 Å². The van der Waals surface area contributed by atoms with E-state index in [0.717, 1.165) is 24.1 Å². The first-order valence-electron chi connectivity index (χ1n) is 8.95. The smallest absolute Gasteiger partial charge is 0.225 e. The fourth-order valence-electron chi connectivity index (χ4n) is 3.22. The zero-order valence-electron chi connectivity index (χ0n) is 14.6. The molecule has 0 radical (unpaired) electrons. The van der Waals surface area contributed by atoms with Gasteiger partial charge >= 0.3 is 0 Å². The third-order valence-corrected chi connectivity index (χ3v) is 5.13. The Balaban J connectivity index is 1.69. The average molecular weight is 400 g/mol. The van der Waals surface area contributed by atoms with Gasteiger partial charge in [-0.3, -0.25) is 4.98 Å². The van der Waals surface area contributed by atoms with Gasteiger partial charge in [-0.1, -0.05) is 36.0 Å². The first kappa shape index (κ1) is 18.0. The lowest BCUT2D eigenvalue weighted by atomic mass is 10.2. The third-order valence-electron chi connectivity index (χ3n) is 4.56. The van der Waals surface area contributed by atoms with Crippen LogP contribution in [0, 0.1) is 0 Å². The molecule has 1 fully saturated rings. The second-order valence-electron chi connectivity index (χ2n) is 6.58. The zero-order valence-corrected chi connectivity index (χ0v) is 16.1. The molecule has 7 heteroatoms. The van der Waals surface area contributed by atoms with E-state index >= 15 is 0 Å². The molecule has 1 aliphatic rings. The minimum Gasteiger partial charge on any atom is -0.351 e. The molecule has 0 bridgehead atoms. The molecule has 138 valence electrons. The minimum atomic E-state index is 0.414. The van der Waals surface area contributed by atoms with Gasteiger partial charge in [0.05, 0.1) is 16.4 Å². The lowest BCUT2D eigenvalue weighted by molar-refractivity contribution is 0.744.